The molecule has 0 radical (unpaired) electrons. The Balaban J connectivity index is 1.69. The lowest BCUT2D eigenvalue weighted by molar-refractivity contribution is 0.283. The first-order valence-electron chi connectivity index (χ1n) is 10.5. The molecule has 3 aromatic rings. The number of anilines is 1. The second kappa shape index (κ2) is 9.50. The third-order valence-electron chi connectivity index (χ3n) is 5.31. The van der Waals surface area contributed by atoms with Gasteiger partial charge in [-0.05, 0) is 53.3 Å². The lowest BCUT2D eigenvalue weighted by atomic mass is 10.0. The fourth-order valence-corrected chi connectivity index (χ4v) is 4.75. The highest BCUT2D eigenvalue weighted by Gasteiger charge is 2.31. The van der Waals surface area contributed by atoms with E-state index in [2.05, 4.69) is 10.8 Å². The maximum absolute atomic E-state index is 12.5. The Hall–Kier alpha value is -3.23. The number of rotatable bonds is 9. The fraction of sp³-hybridized carbons (Fsp3) is 0.250. The van der Waals surface area contributed by atoms with Crippen LogP contribution in [0.4, 0.5) is 5.69 Å². The van der Waals surface area contributed by atoms with Gasteiger partial charge in [-0.3, -0.25) is 0 Å². The zero-order chi connectivity index (χ0) is 22.6. The lowest BCUT2D eigenvalue weighted by Gasteiger charge is -2.20. The molecule has 0 aromatic heterocycles. The molecule has 3 N–H and O–H groups in total. The van der Waals surface area contributed by atoms with Gasteiger partial charge in [-0.2, -0.15) is 8.42 Å². The Morgan fingerprint density at radius 2 is 1.72 bits per heavy atom. The Bertz CT molecular complexity index is 1230. The minimum atomic E-state index is -3.96. The molecule has 4 rings (SSSR count). The molecule has 0 saturated carbocycles. The van der Waals surface area contributed by atoms with Crippen molar-refractivity contribution in [1.82, 2.24) is 4.72 Å². The van der Waals surface area contributed by atoms with Gasteiger partial charge in [0, 0.05) is 6.61 Å². The molecule has 0 atom stereocenters. The molecule has 0 saturated heterocycles. The van der Waals surface area contributed by atoms with E-state index in [1.54, 1.807) is 6.07 Å². The Labute approximate surface area is 187 Å². The maximum Gasteiger partial charge on any atom is 0.330 e. The number of nitrogens with zero attached hydrogens (tertiary/aromatic N) is 1. The van der Waals surface area contributed by atoms with Crippen molar-refractivity contribution in [2.75, 3.05) is 10.9 Å². The summed E-state index contributed by atoms with van der Waals surface area (Å²) in [7, 11) is -3.96. The molecule has 1 aliphatic heterocycles. The first-order chi connectivity index (χ1) is 15.5. The van der Waals surface area contributed by atoms with E-state index in [4.69, 9.17) is 9.84 Å². The molecule has 8 heteroatoms. The highest BCUT2D eigenvalue weighted by molar-refractivity contribution is 7.91. The van der Waals surface area contributed by atoms with Crippen LogP contribution >= 0.6 is 0 Å². The fourth-order valence-electron chi connectivity index (χ4n) is 3.70. The zero-order valence-corrected chi connectivity index (χ0v) is 18.4. The summed E-state index contributed by atoms with van der Waals surface area (Å²) in [5.74, 6) is -0.0508. The first kappa shape index (κ1) is 22.0. The van der Waals surface area contributed by atoms with Gasteiger partial charge in [0.15, 0.2) is 0 Å². The molecule has 7 nitrogen and oxygen atoms in total. The second-order valence-corrected chi connectivity index (χ2v) is 9.27. The minimum Gasteiger partial charge on any atom is -0.493 e. The number of benzene rings is 3. The van der Waals surface area contributed by atoms with Crippen molar-refractivity contribution in [2.45, 2.75) is 32.3 Å². The number of aliphatic hydroxyl groups is 2. The average molecular weight is 455 g/mol. The zero-order valence-electron chi connectivity index (χ0n) is 17.6. The summed E-state index contributed by atoms with van der Waals surface area (Å²) in [5.41, 5.74) is 2.42. The molecule has 0 amide bonds. The number of unbranched alkanes of at least 4 members (excludes halogenated alkanes) is 2. The van der Waals surface area contributed by atoms with Crippen molar-refractivity contribution < 1.29 is 23.4 Å². The molecule has 168 valence electrons. The maximum atomic E-state index is 12.5. The highest BCUT2D eigenvalue weighted by atomic mass is 32.2. The molecule has 0 aliphatic carbocycles. The van der Waals surface area contributed by atoms with Crippen LogP contribution in [0.25, 0.3) is 10.8 Å². The summed E-state index contributed by atoms with van der Waals surface area (Å²) < 4.78 is 34.2. The Morgan fingerprint density at radius 1 is 0.906 bits per heavy atom. The van der Waals surface area contributed by atoms with Gasteiger partial charge in [0.1, 0.15) is 18.0 Å². The van der Waals surface area contributed by atoms with Gasteiger partial charge in [0.2, 0.25) is 5.88 Å². The Morgan fingerprint density at radius 3 is 2.44 bits per heavy atom. The van der Waals surface area contributed by atoms with Gasteiger partial charge < -0.3 is 14.9 Å². The molecule has 1 heterocycles. The van der Waals surface area contributed by atoms with Crippen LogP contribution in [-0.2, 0) is 23.2 Å². The molecule has 0 spiro atoms. The van der Waals surface area contributed by atoms with Crippen molar-refractivity contribution in [3.63, 3.8) is 0 Å². The summed E-state index contributed by atoms with van der Waals surface area (Å²) >= 11 is 0. The molecule has 3 aromatic carbocycles. The number of hydrogen-bond acceptors (Lipinski definition) is 5. The average Bonchev–Trinajstić information content (AvgIpc) is 3.07. The summed E-state index contributed by atoms with van der Waals surface area (Å²) in [6.45, 7) is 0.477. The van der Waals surface area contributed by atoms with Gasteiger partial charge in [-0.25, -0.2) is 9.03 Å². The van der Waals surface area contributed by atoms with E-state index in [1.807, 2.05) is 48.5 Å². The van der Waals surface area contributed by atoms with E-state index in [1.165, 1.54) is 0 Å². The van der Waals surface area contributed by atoms with Crippen molar-refractivity contribution in [1.29, 1.82) is 0 Å². The van der Waals surface area contributed by atoms with E-state index in [0.717, 1.165) is 58.1 Å². The quantitative estimate of drug-likeness (QED) is 0.422. The summed E-state index contributed by atoms with van der Waals surface area (Å²) in [6.07, 6.45) is 4.72. The topological polar surface area (TPSA) is 99.1 Å². The number of aliphatic hydroxyl groups excluding tert-OH is 2. The van der Waals surface area contributed by atoms with Gasteiger partial charge in [0.05, 0.1) is 6.20 Å². The number of fused-ring (bicyclic) bond motifs is 1. The number of ether oxygens (including phenoxy) is 1. The van der Waals surface area contributed by atoms with Gasteiger partial charge in [0.25, 0.3) is 0 Å². The van der Waals surface area contributed by atoms with Crippen LogP contribution in [0.5, 0.6) is 5.75 Å². The van der Waals surface area contributed by atoms with Crippen LogP contribution in [0.2, 0.25) is 0 Å². The van der Waals surface area contributed by atoms with E-state index in [0.29, 0.717) is 11.4 Å². The van der Waals surface area contributed by atoms with Gasteiger partial charge in [-0.1, -0.05) is 55.0 Å². The van der Waals surface area contributed by atoms with E-state index in [-0.39, 0.29) is 13.2 Å². The molecular formula is C24H26N2O5S. The van der Waals surface area contributed by atoms with Crippen LogP contribution in [0, 0.1) is 0 Å². The lowest BCUT2D eigenvalue weighted by Crippen LogP contribution is -2.29. The number of aryl methyl sites for hydroxylation is 1. The summed E-state index contributed by atoms with van der Waals surface area (Å²) in [6, 6.07) is 19.3. The van der Waals surface area contributed by atoms with Crippen LogP contribution in [0.1, 0.15) is 30.4 Å². The largest absolute Gasteiger partial charge is 0.493 e. The predicted octanol–water partition coefficient (Wildman–Crippen LogP) is 4.14. The van der Waals surface area contributed by atoms with Crippen molar-refractivity contribution in [3.05, 3.63) is 83.9 Å². The second-order valence-electron chi connectivity index (χ2n) is 7.73. The Kier molecular flexibility index (Phi) is 6.53. The first-order valence-corrected chi connectivity index (χ1v) is 12.0. The molecule has 0 fully saturated rings. The smallest absolute Gasteiger partial charge is 0.330 e. The van der Waals surface area contributed by atoms with Crippen molar-refractivity contribution >= 4 is 26.7 Å². The van der Waals surface area contributed by atoms with Crippen LogP contribution in [0.3, 0.4) is 0 Å². The SMILES string of the molecule is O=S1(=O)NC(O)=CN1c1cc2cc(CCCCCO)ccc2cc1OCc1ccccc1. The highest BCUT2D eigenvalue weighted by Crippen LogP contribution is 2.37. The minimum absolute atomic E-state index is 0.200. The third kappa shape index (κ3) is 4.98. The van der Waals surface area contributed by atoms with Crippen molar-refractivity contribution in [3.8, 4) is 5.75 Å². The number of hydrogen-bond donors (Lipinski definition) is 3. The third-order valence-corrected chi connectivity index (χ3v) is 6.60. The molecule has 0 bridgehead atoms. The van der Waals surface area contributed by atoms with E-state index >= 15 is 0 Å². The van der Waals surface area contributed by atoms with Gasteiger partial charge in [-0.15, -0.1) is 0 Å². The molecule has 32 heavy (non-hydrogen) atoms. The normalized spacial score (nSPS) is 14.9. The molecule has 1 aliphatic rings. The van der Waals surface area contributed by atoms with E-state index in [9.17, 15) is 13.5 Å². The van der Waals surface area contributed by atoms with Crippen LogP contribution in [0.15, 0.2) is 72.7 Å². The van der Waals surface area contributed by atoms with Gasteiger partial charge >= 0.3 is 10.2 Å². The standard InChI is InChI=1S/C24H26N2O5S/c27-12-6-2-5-7-18-10-11-20-15-23(31-17-19-8-3-1-4-9-19)22(14-21(20)13-18)26-16-24(28)25-32(26,29)30/h1,3-4,8-11,13-16,25,27-28H,2,5-7,12,17H2. The van der Waals surface area contributed by atoms with Crippen LogP contribution in [-0.4, -0.2) is 25.2 Å². The number of nitrogens with one attached hydrogen (secondary N) is 1. The summed E-state index contributed by atoms with van der Waals surface area (Å²) in [4.78, 5) is 0. The van der Waals surface area contributed by atoms with Crippen LogP contribution < -0.4 is 13.8 Å². The molecular weight excluding hydrogens is 428 g/mol. The predicted molar refractivity (Wildman–Crippen MR) is 125 cm³/mol. The summed E-state index contributed by atoms with van der Waals surface area (Å²) in [5, 5.41) is 20.5. The van der Waals surface area contributed by atoms with E-state index < -0.39 is 16.1 Å². The monoisotopic (exact) mass is 454 g/mol. The molecule has 0 unspecified atom stereocenters. The van der Waals surface area contributed by atoms with Crippen molar-refractivity contribution in [2.24, 2.45) is 0 Å².